The van der Waals surface area contributed by atoms with Gasteiger partial charge in [0.1, 0.15) is 24.4 Å². The van der Waals surface area contributed by atoms with E-state index in [-0.39, 0.29) is 29.1 Å². The first-order valence-electron chi connectivity index (χ1n) is 12.2. The monoisotopic (exact) mass is 536 g/mol. The Morgan fingerprint density at radius 3 is 2.21 bits per heavy atom. The highest BCUT2D eigenvalue weighted by Gasteiger charge is 2.53. The Labute approximate surface area is 218 Å². The quantitative estimate of drug-likeness (QED) is 0.279. The van der Waals surface area contributed by atoms with Crippen molar-refractivity contribution in [1.82, 2.24) is 0 Å². The molecule has 0 bridgehead atoms. The summed E-state index contributed by atoms with van der Waals surface area (Å²) >= 11 is 0. The molecule has 3 saturated heterocycles. The van der Waals surface area contributed by atoms with Crippen molar-refractivity contribution in [2.75, 3.05) is 27.4 Å². The van der Waals surface area contributed by atoms with E-state index < -0.39 is 55.8 Å². The van der Waals surface area contributed by atoms with Crippen LogP contribution >= 0.6 is 0 Å². The van der Waals surface area contributed by atoms with Crippen LogP contribution in [0, 0.1) is 11.8 Å². The molecule has 0 radical (unpaired) electrons. The van der Waals surface area contributed by atoms with Gasteiger partial charge in [0.25, 0.3) is 0 Å². The molecule has 0 spiro atoms. The minimum atomic E-state index is -1.58. The van der Waals surface area contributed by atoms with Crippen molar-refractivity contribution in [2.45, 2.75) is 49.2 Å². The van der Waals surface area contributed by atoms with Gasteiger partial charge >= 0.3 is 0 Å². The molecule has 0 aromatic heterocycles. The van der Waals surface area contributed by atoms with Crippen LogP contribution in [0.2, 0.25) is 0 Å². The van der Waals surface area contributed by atoms with Gasteiger partial charge in [0.05, 0.1) is 39.6 Å². The molecule has 3 heterocycles. The van der Waals surface area contributed by atoms with Gasteiger partial charge in [0.2, 0.25) is 6.29 Å². The molecule has 5 rings (SSSR count). The average Bonchev–Trinajstić information content (AvgIpc) is 3.50. The maximum Gasteiger partial charge on any atom is 0.229 e. The van der Waals surface area contributed by atoms with Gasteiger partial charge < -0.3 is 59.1 Å². The lowest BCUT2D eigenvalue weighted by molar-refractivity contribution is -0.277. The molecule has 3 aliphatic heterocycles. The molecule has 0 saturated carbocycles. The summed E-state index contributed by atoms with van der Waals surface area (Å²) in [5.74, 6) is 0.221. The third kappa shape index (κ3) is 4.67. The highest BCUT2D eigenvalue weighted by atomic mass is 16.7. The smallest absolute Gasteiger partial charge is 0.229 e. The summed E-state index contributed by atoms with van der Waals surface area (Å²) in [6, 6.07) is 9.89. The number of benzene rings is 2. The third-order valence-electron chi connectivity index (χ3n) is 7.46. The van der Waals surface area contributed by atoms with Crippen LogP contribution in [0.25, 0.3) is 0 Å². The van der Waals surface area contributed by atoms with E-state index in [2.05, 4.69) is 0 Å². The number of hydrogen-bond acceptors (Lipinski definition) is 12. The summed E-state index contributed by atoms with van der Waals surface area (Å²) in [6.45, 7) is -0.254. The van der Waals surface area contributed by atoms with Crippen LogP contribution in [0.3, 0.4) is 0 Å². The van der Waals surface area contributed by atoms with Crippen LogP contribution < -0.4 is 14.2 Å². The summed E-state index contributed by atoms with van der Waals surface area (Å²) in [5.41, 5.74) is 1.44. The second kappa shape index (κ2) is 10.8. The molecule has 208 valence electrons. The maximum atomic E-state index is 10.8. The van der Waals surface area contributed by atoms with Crippen LogP contribution in [-0.4, -0.2) is 95.1 Å². The zero-order valence-corrected chi connectivity index (χ0v) is 20.8. The Kier molecular flexibility index (Phi) is 7.67. The number of aromatic hydroxyl groups is 1. The van der Waals surface area contributed by atoms with Crippen LogP contribution in [0.5, 0.6) is 23.0 Å². The van der Waals surface area contributed by atoms with Crippen LogP contribution in [0.4, 0.5) is 0 Å². The number of phenolic OH excluding ortho intramolecular Hbond substituents is 1. The summed E-state index contributed by atoms with van der Waals surface area (Å²) in [5, 5.41) is 60.5. The third-order valence-corrected chi connectivity index (χ3v) is 7.46. The fraction of sp³-hybridized carbons (Fsp3) is 0.538. The number of rotatable bonds is 7. The number of aliphatic hydroxyl groups is 5. The van der Waals surface area contributed by atoms with Crippen LogP contribution in [0.15, 0.2) is 36.4 Å². The Morgan fingerprint density at radius 1 is 0.816 bits per heavy atom. The molecule has 0 aliphatic carbocycles. The summed E-state index contributed by atoms with van der Waals surface area (Å²) in [4.78, 5) is 0. The first-order valence-corrected chi connectivity index (χ1v) is 12.2. The van der Waals surface area contributed by atoms with Gasteiger partial charge in [-0.25, -0.2) is 0 Å². The number of ether oxygens (including phenoxy) is 6. The van der Waals surface area contributed by atoms with E-state index >= 15 is 0 Å². The number of aliphatic hydroxyl groups excluding tert-OH is 5. The van der Waals surface area contributed by atoms with Crippen LogP contribution in [0.1, 0.15) is 23.3 Å². The zero-order valence-electron chi connectivity index (χ0n) is 20.8. The molecule has 12 heteroatoms. The van der Waals surface area contributed by atoms with E-state index in [0.29, 0.717) is 17.9 Å². The fourth-order valence-corrected chi connectivity index (χ4v) is 5.42. The summed E-state index contributed by atoms with van der Waals surface area (Å²) in [7, 11) is 2.89. The topological polar surface area (TPSA) is 177 Å². The van der Waals surface area contributed by atoms with Crippen molar-refractivity contribution in [3.63, 3.8) is 0 Å². The first-order chi connectivity index (χ1) is 18.3. The molecular weight excluding hydrogens is 504 g/mol. The fourth-order valence-electron chi connectivity index (χ4n) is 5.42. The molecule has 10 atom stereocenters. The predicted octanol–water partition coefficient (Wildman–Crippen LogP) is -0.0183. The highest BCUT2D eigenvalue weighted by Crippen LogP contribution is 2.53. The van der Waals surface area contributed by atoms with E-state index in [1.54, 1.807) is 30.3 Å². The average molecular weight is 537 g/mol. The van der Waals surface area contributed by atoms with E-state index in [1.807, 2.05) is 0 Å². The lowest BCUT2D eigenvalue weighted by atomic mass is 9.84. The standard InChI is InChI=1S/C26H32O12/c1-33-16-7-11(3-5-14(16)28)23-13-10-35-24(19(13)25(32)38-23)12-4-6-15(17(8-12)34-2)36-26-22(31)21(30)20(29)18(9-27)37-26/h3-8,13,18-32H,9-10H2,1-2H3/t13?,18-,19?,20-,21+,22-,23-,24-,25-,26-/m1/s1. The van der Waals surface area contributed by atoms with E-state index in [1.165, 1.54) is 20.3 Å². The van der Waals surface area contributed by atoms with Gasteiger partial charge in [-0.05, 0) is 35.4 Å². The molecule has 2 aromatic rings. The van der Waals surface area contributed by atoms with Gasteiger partial charge in [-0.1, -0.05) is 12.1 Å². The number of fused-ring (bicyclic) bond motifs is 1. The molecule has 3 aliphatic rings. The van der Waals surface area contributed by atoms with Gasteiger partial charge in [0, 0.05) is 11.8 Å². The lowest BCUT2D eigenvalue weighted by Gasteiger charge is -2.39. The minimum Gasteiger partial charge on any atom is -0.504 e. The molecule has 38 heavy (non-hydrogen) atoms. The SMILES string of the molecule is COc1cc([C@H]2O[C@@H](O)C3C2CO[C@@H]3c2ccc(O[C@@H]3O[C@H](CO)[C@@H](O)[C@H](O)[C@H]3O)c(OC)c2)ccc1O. The maximum absolute atomic E-state index is 10.8. The number of hydrogen-bond donors (Lipinski definition) is 6. The van der Waals surface area contributed by atoms with Crippen molar-refractivity contribution >= 4 is 0 Å². The minimum absolute atomic E-state index is 0.00464. The summed E-state index contributed by atoms with van der Waals surface area (Å²) in [6.07, 6.45) is -9.23. The van der Waals surface area contributed by atoms with Gasteiger partial charge in [-0.2, -0.15) is 0 Å². The first kappa shape index (κ1) is 26.9. The normalized spacial score (nSPS) is 36.6. The van der Waals surface area contributed by atoms with Crippen molar-refractivity contribution in [2.24, 2.45) is 11.8 Å². The van der Waals surface area contributed by atoms with Crippen molar-refractivity contribution in [1.29, 1.82) is 0 Å². The van der Waals surface area contributed by atoms with E-state index in [0.717, 1.165) is 5.56 Å². The van der Waals surface area contributed by atoms with Crippen LogP contribution in [-0.2, 0) is 14.2 Å². The molecule has 2 aromatic carbocycles. The summed E-state index contributed by atoms with van der Waals surface area (Å²) < 4.78 is 33.9. The van der Waals surface area contributed by atoms with Gasteiger partial charge in [0.15, 0.2) is 29.3 Å². The Hall–Kier alpha value is -2.68. The van der Waals surface area contributed by atoms with Crippen molar-refractivity contribution < 1.29 is 59.1 Å². The second-order valence-electron chi connectivity index (χ2n) is 9.60. The lowest BCUT2D eigenvalue weighted by Crippen LogP contribution is -2.60. The number of methoxy groups -OCH3 is 2. The highest BCUT2D eigenvalue weighted by molar-refractivity contribution is 5.45. The molecule has 12 nitrogen and oxygen atoms in total. The van der Waals surface area contributed by atoms with Gasteiger partial charge in [-0.3, -0.25) is 0 Å². The van der Waals surface area contributed by atoms with Crippen molar-refractivity contribution in [3.8, 4) is 23.0 Å². The molecule has 3 fully saturated rings. The Morgan fingerprint density at radius 2 is 1.50 bits per heavy atom. The largest absolute Gasteiger partial charge is 0.504 e. The molecule has 0 amide bonds. The molecule has 2 unspecified atom stereocenters. The second-order valence-corrected chi connectivity index (χ2v) is 9.60. The van der Waals surface area contributed by atoms with Gasteiger partial charge in [-0.15, -0.1) is 0 Å². The van der Waals surface area contributed by atoms with E-state index in [9.17, 15) is 30.6 Å². The Bertz CT molecular complexity index is 1130. The predicted molar refractivity (Wildman–Crippen MR) is 128 cm³/mol. The van der Waals surface area contributed by atoms with E-state index in [4.69, 9.17) is 28.4 Å². The molecular formula is C26H32O12. The Balaban J connectivity index is 1.35. The molecule has 6 N–H and O–H groups in total. The van der Waals surface area contributed by atoms with Crippen molar-refractivity contribution in [3.05, 3.63) is 47.5 Å². The number of phenols is 1. The zero-order chi connectivity index (χ0) is 27.1.